The maximum atomic E-state index is 15.4. The first kappa shape index (κ1) is 29.9. The number of carbonyl (C=O) groups is 2. The van der Waals surface area contributed by atoms with Gasteiger partial charge in [0.1, 0.15) is 21.9 Å². The molecule has 14 heteroatoms. The molecule has 1 aromatic carbocycles. The number of amides is 2. The number of benzene rings is 1. The Morgan fingerprint density at radius 1 is 1.16 bits per heavy atom. The average molecular weight is 591 g/mol. The van der Waals surface area contributed by atoms with Crippen LogP contribution in [0.25, 0.3) is 0 Å². The van der Waals surface area contributed by atoms with Gasteiger partial charge in [0.2, 0.25) is 0 Å². The number of aromatic nitrogens is 1. The molecule has 2 aromatic rings. The molecular weight excluding hydrogens is 559 g/mol. The molecule has 0 radical (unpaired) electrons. The van der Waals surface area contributed by atoms with Crippen LogP contribution in [0.3, 0.4) is 0 Å². The van der Waals surface area contributed by atoms with Crippen molar-refractivity contribution in [1.82, 2.24) is 9.88 Å². The highest BCUT2D eigenvalue weighted by atomic mass is 35.5. The molecule has 38 heavy (non-hydrogen) atoms. The summed E-state index contributed by atoms with van der Waals surface area (Å²) in [5.41, 5.74) is -0.0820. The molecule has 210 valence electrons. The molecule has 3 rings (SSSR count). The van der Waals surface area contributed by atoms with Crippen LogP contribution < -0.4 is 9.21 Å². The van der Waals surface area contributed by atoms with E-state index in [-0.39, 0.29) is 22.6 Å². The second kappa shape index (κ2) is 10.9. The van der Waals surface area contributed by atoms with Gasteiger partial charge in [0, 0.05) is 37.6 Å². The van der Waals surface area contributed by atoms with Crippen LogP contribution in [0.15, 0.2) is 27.9 Å². The molecule has 0 N–H and O–H groups in total. The molecule has 10 nitrogen and oxygen atoms in total. The summed E-state index contributed by atoms with van der Waals surface area (Å²) in [7, 11) is -3.11. The smallest absolute Gasteiger partial charge is 0.430 e. The highest BCUT2D eigenvalue weighted by molar-refractivity contribution is 7.93. The fraction of sp³-hybridized carbons (Fsp3) is 0.542. The summed E-state index contributed by atoms with van der Waals surface area (Å²) in [6.07, 6.45) is -1.10. The minimum absolute atomic E-state index is 0.0504. The lowest BCUT2D eigenvalue weighted by Crippen LogP contribution is -2.41. The Kier molecular flexibility index (Phi) is 8.54. The number of halogens is 2. The molecular formula is C24H32ClFN4O6S2. The summed E-state index contributed by atoms with van der Waals surface area (Å²) in [5, 5.41) is 1.28. The normalized spacial score (nSPS) is 16.3. The Balaban J connectivity index is 1.90. The van der Waals surface area contributed by atoms with Gasteiger partial charge in [0.15, 0.2) is 5.82 Å². The second-order valence-electron chi connectivity index (χ2n) is 10.8. The van der Waals surface area contributed by atoms with Crippen molar-refractivity contribution in [3.63, 3.8) is 0 Å². The third kappa shape index (κ3) is 6.86. The first-order chi connectivity index (χ1) is 17.4. The lowest BCUT2D eigenvalue weighted by atomic mass is 10.2. The molecule has 1 saturated heterocycles. The van der Waals surface area contributed by atoms with E-state index >= 15 is 4.39 Å². The quantitative estimate of drug-likeness (QED) is 0.448. The van der Waals surface area contributed by atoms with E-state index in [1.165, 1.54) is 10.9 Å². The van der Waals surface area contributed by atoms with Gasteiger partial charge in [-0.15, -0.1) is 15.6 Å². The zero-order valence-electron chi connectivity index (χ0n) is 22.3. The molecule has 1 aliphatic rings. The van der Waals surface area contributed by atoms with Crippen molar-refractivity contribution in [2.45, 2.75) is 70.1 Å². The average Bonchev–Trinajstić information content (AvgIpc) is 3.44. The van der Waals surface area contributed by atoms with Crippen LogP contribution in [0.1, 0.15) is 48.0 Å². The molecule has 0 saturated carbocycles. The Morgan fingerprint density at radius 2 is 1.79 bits per heavy atom. The van der Waals surface area contributed by atoms with Crippen molar-refractivity contribution < 1.29 is 31.9 Å². The van der Waals surface area contributed by atoms with Gasteiger partial charge in [-0.2, -0.15) is 0 Å². The minimum atomic E-state index is -4.79. The van der Waals surface area contributed by atoms with E-state index in [1.807, 2.05) is 0 Å². The lowest BCUT2D eigenvalue weighted by molar-refractivity contribution is 0.0292. The first-order valence-electron chi connectivity index (χ1n) is 11.8. The molecule has 1 atom stereocenters. The van der Waals surface area contributed by atoms with Crippen LogP contribution in [0.2, 0.25) is 5.02 Å². The largest absolute Gasteiger partial charge is 0.444 e. The molecule has 0 bridgehead atoms. The second-order valence-corrected chi connectivity index (χ2v) is 13.7. The summed E-state index contributed by atoms with van der Waals surface area (Å²) >= 11 is 7.52. The zero-order valence-corrected chi connectivity index (χ0v) is 24.7. The standard InChI is InChI=1S/C24H32ClFN4O6S2/c1-23(2,3)35-21(31)29-9-8-15(12-29)28(7)18-11-17(26)19(10-16(18)25)38(33,34)30(20-13-37-14-27-20)22(32)36-24(4,5)6/h10-11,13-15H,8-9,12H2,1-7H3/t15-/m0/s1. The number of thiazole rings is 1. The molecule has 0 spiro atoms. The van der Waals surface area contributed by atoms with Crippen LogP contribution >= 0.6 is 22.9 Å². The highest BCUT2D eigenvalue weighted by Gasteiger charge is 2.39. The zero-order chi connectivity index (χ0) is 28.6. The van der Waals surface area contributed by atoms with E-state index in [1.54, 1.807) is 58.4 Å². The first-order valence-corrected chi connectivity index (χ1v) is 14.5. The number of carbonyl (C=O) groups excluding carboxylic acids is 2. The van der Waals surface area contributed by atoms with Crippen molar-refractivity contribution in [3.05, 3.63) is 33.9 Å². The SMILES string of the molecule is CN(c1cc(F)c(S(=O)(=O)N(C(=O)OC(C)(C)C)c2cscn2)cc1Cl)[C@H]1CCN(C(=O)OC(C)(C)C)C1. The number of sulfonamides is 1. The predicted octanol–water partition coefficient (Wildman–Crippen LogP) is 5.51. The molecule has 2 heterocycles. The third-order valence-electron chi connectivity index (χ3n) is 5.45. The third-order valence-corrected chi connectivity index (χ3v) is 8.01. The van der Waals surface area contributed by atoms with Gasteiger partial charge < -0.3 is 19.3 Å². The number of nitrogens with zero attached hydrogens (tertiary/aromatic N) is 4. The molecule has 2 amide bonds. The van der Waals surface area contributed by atoms with Crippen molar-refractivity contribution in [3.8, 4) is 0 Å². The maximum Gasteiger partial charge on any atom is 0.430 e. The number of likely N-dealkylation sites (N-methyl/N-ethyl adjacent to an activating group) is 1. The van der Waals surface area contributed by atoms with Crippen molar-refractivity contribution in [2.24, 2.45) is 0 Å². The Morgan fingerprint density at radius 3 is 2.34 bits per heavy atom. The van der Waals surface area contributed by atoms with E-state index < -0.39 is 44.1 Å². The predicted molar refractivity (Wildman–Crippen MR) is 144 cm³/mol. The fourth-order valence-corrected chi connectivity index (χ4v) is 6.05. The molecule has 0 aliphatic carbocycles. The van der Waals surface area contributed by atoms with Crippen molar-refractivity contribution >= 4 is 56.7 Å². The highest BCUT2D eigenvalue weighted by Crippen LogP contribution is 2.35. The van der Waals surface area contributed by atoms with Gasteiger partial charge in [0.25, 0.3) is 10.0 Å². The van der Waals surface area contributed by atoms with Gasteiger partial charge in [-0.1, -0.05) is 11.6 Å². The number of hydrogen-bond acceptors (Lipinski definition) is 9. The number of rotatable bonds is 5. The number of ether oxygens (including phenoxy) is 2. The maximum absolute atomic E-state index is 15.4. The Bertz CT molecular complexity index is 1290. The summed E-state index contributed by atoms with van der Waals surface area (Å²) in [6.45, 7) is 10.8. The summed E-state index contributed by atoms with van der Waals surface area (Å²) < 4.78 is 53.5. The van der Waals surface area contributed by atoms with Gasteiger partial charge >= 0.3 is 12.2 Å². The summed E-state index contributed by atoms with van der Waals surface area (Å²) in [6, 6.07) is 1.75. The van der Waals surface area contributed by atoms with Gasteiger partial charge in [-0.05, 0) is 54.0 Å². The number of hydrogen-bond donors (Lipinski definition) is 0. The topological polar surface area (TPSA) is 109 Å². The Hall–Kier alpha value is -2.64. The van der Waals surface area contributed by atoms with E-state index in [4.69, 9.17) is 21.1 Å². The molecule has 1 aromatic heterocycles. The van der Waals surface area contributed by atoms with E-state index in [9.17, 15) is 18.0 Å². The van der Waals surface area contributed by atoms with Gasteiger partial charge in [-0.25, -0.2) is 27.4 Å². The van der Waals surface area contributed by atoms with Crippen LogP contribution in [-0.2, 0) is 19.5 Å². The van der Waals surface area contributed by atoms with Crippen molar-refractivity contribution in [1.29, 1.82) is 0 Å². The summed E-state index contributed by atoms with van der Waals surface area (Å²) in [4.78, 5) is 31.7. The van der Waals surface area contributed by atoms with Crippen LogP contribution in [0.4, 0.5) is 25.5 Å². The minimum Gasteiger partial charge on any atom is -0.444 e. The number of likely N-dealkylation sites (tertiary alicyclic amines) is 1. The summed E-state index contributed by atoms with van der Waals surface area (Å²) in [5.74, 6) is -1.34. The lowest BCUT2D eigenvalue weighted by Gasteiger charge is -2.29. The fourth-order valence-electron chi connectivity index (χ4n) is 3.76. The van der Waals surface area contributed by atoms with Gasteiger partial charge in [0.05, 0.1) is 16.2 Å². The van der Waals surface area contributed by atoms with Crippen LogP contribution in [0.5, 0.6) is 0 Å². The molecule has 0 unspecified atom stereocenters. The molecule has 1 aliphatic heterocycles. The van der Waals surface area contributed by atoms with Gasteiger partial charge in [-0.3, -0.25) is 0 Å². The van der Waals surface area contributed by atoms with Crippen LogP contribution in [0, 0.1) is 5.82 Å². The Labute approximate surface area is 231 Å². The van der Waals surface area contributed by atoms with Crippen molar-refractivity contribution in [2.75, 3.05) is 29.3 Å². The van der Waals surface area contributed by atoms with E-state index in [0.717, 1.165) is 23.5 Å². The van der Waals surface area contributed by atoms with E-state index in [2.05, 4.69) is 4.98 Å². The van der Waals surface area contributed by atoms with Crippen LogP contribution in [-0.4, -0.2) is 67.9 Å². The number of anilines is 2. The van der Waals surface area contributed by atoms with E-state index in [0.29, 0.717) is 23.8 Å². The molecule has 1 fully saturated rings. The monoisotopic (exact) mass is 590 g/mol.